The number of aryl methyl sites for hydroxylation is 1. The summed E-state index contributed by atoms with van der Waals surface area (Å²) in [5, 5.41) is 21.5. The van der Waals surface area contributed by atoms with E-state index in [0.29, 0.717) is 17.4 Å². The quantitative estimate of drug-likeness (QED) is 0.212. The Labute approximate surface area is 194 Å². The summed E-state index contributed by atoms with van der Waals surface area (Å²) in [6, 6.07) is 9.10. The fraction of sp³-hybridized carbons (Fsp3) is 0.458. The highest BCUT2D eigenvalue weighted by atomic mass is 79.9. The molecule has 0 aliphatic heterocycles. The molecule has 4 saturated carbocycles. The molecule has 0 radical (unpaired) electrons. The predicted molar refractivity (Wildman–Crippen MR) is 126 cm³/mol. The molecule has 4 aliphatic carbocycles. The number of halogens is 2. The molecule has 0 heterocycles. The molecular formula is C24H24BrClN2O3. The average molecular weight is 504 g/mol. The standard InChI is InChI=1S/C24H24BrClN2O3/c1-14-2-3-18(23-8-15-4-16(9-23)11-24(26,10-15)13-23)6-21(14)27-12-17-5-19(28(30)31)7-20(25)22(17)29/h2-3,5-7,12,15-16,29H,4,8-11,13H2,1H3. The van der Waals surface area contributed by atoms with Gasteiger partial charge in [0.2, 0.25) is 0 Å². The molecule has 162 valence electrons. The zero-order valence-electron chi connectivity index (χ0n) is 17.3. The Kier molecular flexibility index (Phi) is 4.94. The minimum atomic E-state index is -0.484. The first-order valence-corrected chi connectivity index (χ1v) is 11.8. The molecule has 4 aliphatic rings. The smallest absolute Gasteiger partial charge is 0.271 e. The van der Waals surface area contributed by atoms with E-state index in [1.807, 2.05) is 6.92 Å². The molecule has 7 heteroatoms. The van der Waals surface area contributed by atoms with Crippen molar-refractivity contribution in [2.24, 2.45) is 16.8 Å². The lowest BCUT2D eigenvalue weighted by molar-refractivity contribution is -0.385. The number of aliphatic imine (C=N–C) groups is 1. The number of nitrogens with zero attached hydrogens (tertiary/aromatic N) is 2. The summed E-state index contributed by atoms with van der Waals surface area (Å²) in [6.45, 7) is 2.00. The molecule has 2 aromatic rings. The van der Waals surface area contributed by atoms with Gasteiger partial charge in [-0.2, -0.15) is 0 Å². The van der Waals surface area contributed by atoms with E-state index in [-0.39, 0.29) is 26.2 Å². The molecule has 31 heavy (non-hydrogen) atoms. The number of aromatic hydroxyl groups is 1. The minimum Gasteiger partial charge on any atom is -0.506 e. The molecule has 4 bridgehead atoms. The summed E-state index contributed by atoms with van der Waals surface area (Å²) >= 11 is 10.2. The fourth-order valence-electron chi connectivity index (χ4n) is 6.52. The largest absolute Gasteiger partial charge is 0.506 e. The maximum Gasteiger partial charge on any atom is 0.271 e. The van der Waals surface area contributed by atoms with E-state index in [0.717, 1.165) is 30.5 Å². The van der Waals surface area contributed by atoms with Crippen LogP contribution in [0.3, 0.4) is 0 Å². The van der Waals surface area contributed by atoms with Crippen molar-refractivity contribution in [3.8, 4) is 5.75 Å². The van der Waals surface area contributed by atoms with Gasteiger partial charge in [-0.05, 0) is 95.8 Å². The third-order valence-electron chi connectivity index (χ3n) is 7.44. The zero-order valence-corrected chi connectivity index (χ0v) is 19.6. The highest BCUT2D eigenvalue weighted by Crippen LogP contribution is 2.64. The molecule has 2 atom stereocenters. The Hall–Kier alpha value is -1.92. The summed E-state index contributed by atoms with van der Waals surface area (Å²) in [5.74, 6) is 1.37. The van der Waals surface area contributed by atoms with Crippen molar-refractivity contribution in [3.63, 3.8) is 0 Å². The Morgan fingerprint density at radius 1 is 1.23 bits per heavy atom. The van der Waals surface area contributed by atoms with Crippen LogP contribution in [0.4, 0.5) is 11.4 Å². The maximum atomic E-state index is 11.2. The van der Waals surface area contributed by atoms with Crippen molar-refractivity contribution in [2.45, 2.75) is 55.7 Å². The number of hydrogen-bond acceptors (Lipinski definition) is 4. The maximum absolute atomic E-state index is 11.2. The molecular weight excluding hydrogens is 480 g/mol. The van der Waals surface area contributed by atoms with Gasteiger partial charge in [0.15, 0.2) is 0 Å². The van der Waals surface area contributed by atoms with Crippen LogP contribution in [-0.2, 0) is 5.41 Å². The Balaban J connectivity index is 1.50. The summed E-state index contributed by atoms with van der Waals surface area (Å²) < 4.78 is 0.273. The van der Waals surface area contributed by atoms with Crippen LogP contribution in [0.5, 0.6) is 5.75 Å². The van der Waals surface area contributed by atoms with Crippen LogP contribution in [0, 0.1) is 28.9 Å². The third kappa shape index (κ3) is 3.68. The van der Waals surface area contributed by atoms with Crippen molar-refractivity contribution in [3.05, 3.63) is 61.6 Å². The van der Waals surface area contributed by atoms with Crippen LogP contribution in [-0.4, -0.2) is 21.1 Å². The second kappa shape index (κ2) is 7.31. The first-order chi connectivity index (χ1) is 14.7. The number of non-ortho nitro benzene ring substituents is 1. The van der Waals surface area contributed by atoms with Gasteiger partial charge in [0, 0.05) is 28.8 Å². The minimum absolute atomic E-state index is 0.0561. The lowest BCUT2D eigenvalue weighted by Crippen LogP contribution is -2.55. The Bertz CT molecular complexity index is 1100. The number of benzene rings is 2. The fourth-order valence-corrected chi connectivity index (χ4v) is 7.67. The van der Waals surface area contributed by atoms with Gasteiger partial charge >= 0.3 is 0 Å². The molecule has 0 spiro atoms. The molecule has 2 aromatic carbocycles. The number of hydrogen-bond donors (Lipinski definition) is 1. The van der Waals surface area contributed by atoms with Gasteiger partial charge in [-0.3, -0.25) is 15.1 Å². The molecule has 2 unspecified atom stereocenters. The van der Waals surface area contributed by atoms with Crippen LogP contribution in [0.2, 0.25) is 0 Å². The van der Waals surface area contributed by atoms with E-state index in [1.165, 1.54) is 43.2 Å². The molecule has 6 rings (SSSR count). The van der Waals surface area contributed by atoms with Crippen LogP contribution in [0.15, 0.2) is 39.8 Å². The van der Waals surface area contributed by atoms with E-state index < -0.39 is 4.92 Å². The van der Waals surface area contributed by atoms with E-state index in [9.17, 15) is 15.2 Å². The SMILES string of the molecule is Cc1ccc(C23CC4CC(CC(Cl)(C4)C2)C3)cc1N=Cc1cc([N+](=O)[O-])cc(Br)c1O. The van der Waals surface area contributed by atoms with Crippen LogP contribution >= 0.6 is 27.5 Å². The lowest BCUT2D eigenvalue weighted by atomic mass is 9.47. The van der Waals surface area contributed by atoms with E-state index in [2.05, 4.69) is 39.1 Å². The molecule has 5 nitrogen and oxygen atoms in total. The van der Waals surface area contributed by atoms with E-state index in [4.69, 9.17) is 11.6 Å². The topological polar surface area (TPSA) is 75.7 Å². The normalized spacial score (nSPS) is 31.5. The molecule has 1 N–H and O–H groups in total. The van der Waals surface area contributed by atoms with Gasteiger partial charge in [-0.1, -0.05) is 12.1 Å². The number of phenolic OH excluding ortho intramolecular Hbond substituents is 1. The summed E-state index contributed by atoms with van der Waals surface area (Å²) in [6.07, 6.45) is 8.52. The van der Waals surface area contributed by atoms with Crippen molar-refractivity contribution < 1.29 is 10.0 Å². The number of nitro benzene ring substituents is 1. The second-order valence-electron chi connectivity index (χ2n) is 9.77. The van der Waals surface area contributed by atoms with E-state index in [1.54, 1.807) is 0 Å². The molecule has 4 fully saturated rings. The van der Waals surface area contributed by atoms with Crippen LogP contribution < -0.4 is 0 Å². The first-order valence-electron chi connectivity index (χ1n) is 10.7. The zero-order chi connectivity index (χ0) is 22.0. The Morgan fingerprint density at radius 2 is 1.94 bits per heavy atom. The highest BCUT2D eigenvalue weighted by Gasteiger charge is 2.57. The lowest BCUT2D eigenvalue weighted by Gasteiger charge is -2.60. The van der Waals surface area contributed by atoms with Crippen molar-refractivity contribution in [1.82, 2.24) is 0 Å². The number of rotatable bonds is 4. The summed E-state index contributed by atoms with van der Waals surface area (Å²) in [4.78, 5) is 15.3. The monoisotopic (exact) mass is 502 g/mol. The molecule has 0 amide bonds. The molecule has 0 aromatic heterocycles. The predicted octanol–water partition coefficient (Wildman–Crippen LogP) is 6.95. The van der Waals surface area contributed by atoms with E-state index >= 15 is 0 Å². The third-order valence-corrected chi connectivity index (χ3v) is 8.49. The van der Waals surface area contributed by atoms with Crippen molar-refractivity contribution >= 4 is 45.1 Å². The van der Waals surface area contributed by atoms with Gasteiger partial charge in [0.25, 0.3) is 5.69 Å². The van der Waals surface area contributed by atoms with Gasteiger partial charge in [0.05, 0.1) is 15.1 Å². The van der Waals surface area contributed by atoms with Gasteiger partial charge in [-0.25, -0.2) is 0 Å². The number of alkyl halides is 1. The van der Waals surface area contributed by atoms with Gasteiger partial charge in [0.1, 0.15) is 5.75 Å². The van der Waals surface area contributed by atoms with Gasteiger partial charge < -0.3 is 5.11 Å². The first kappa shape index (κ1) is 21.0. The second-order valence-corrected chi connectivity index (χ2v) is 11.4. The van der Waals surface area contributed by atoms with Crippen molar-refractivity contribution in [2.75, 3.05) is 0 Å². The number of phenols is 1. The Morgan fingerprint density at radius 3 is 2.58 bits per heavy atom. The molecule has 0 saturated heterocycles. The van der Waals surface area contributed by atoms with Crippen LogP contribution in [0.25, 0.3) is 0 Å². The highest BCUT2D eigenvalue weighted by molar-refractivity contribution is 9.10. The number of nitro groups is 1. The van der Waals surface area contributed by atoms with Gasteiger partial charge in [-0.15, -0.1) is 11.6 Å². The summed E-state index contributed by atoms with van der Waals surface area (Å²) in [7, 11) is 0. The average Bonchev–Trinajstić information content (AvgIpc) is 2.67. The summed E-state index contributed by atoms with van der Waals surface area (Å²) in [5.41, 5.74) is 3.47. The van der Waals surface area contributed by atoms with Crippen molar-refractivity contribution in [1.29, 1.82) is 0 Å². The van der Waals surface area contributed by atoms with Crippen LogP contribution in [0.1, 0.15) is 55.2 Å².